The Balaban J connectivity index is 1.05. The largest absolute Gasteiger partial charge is 0.497 e. The van der Waals surface area contributed by atoms with E-state index in [1.165, 1.54) is 17.0 Å². The van der Waals surface area contributed by atoms with Gasteiger partial charge >= 0.3 is 6.09 Å². The predicted octanol–water partition coefficient (Wildman–Crippen LogP) is 6.42. The summed E-state index contributed by atoms with van der Waals surface area (Å²) in [6.07, 6.45) is 6.70. The van der Waals surface area contributed by atoms with Gasteiger partial charge in [-0.3, -0.25) is 19.1 Å². The van der Waals surface area contributed by atoms with Crippen LogP contribution >= 0.6 is 0 Å². The van der Waals surface area contributed by atoms with Crippen molar-refractivity contribution in [2.75, 3.05) is 13.7 Å². The van der Waals surface area contributed by atoms with Gasteiger partial charge in [-0.1, -0.05) is 32.9 Å². The Labute approximate surface area is 373 Å². The van der Waals surface area contributed by atoms with Gasteiger partial charge in [-0.05, 0) is 142 Å². The third kappa shape index (κ3) is 8.54. The molecule has 4 amide bonds. The maximum absolute atomic E-state index is 15.1. The molecular formula is C48H58FN5O9S. The molecule has 64 heavy (non-hydrogen) atoms. The molecule has 3 aromatic rings. The molecule has 16 heteroatoms. The van der Waals surface area contributed by atoms with Gasteiger partial charge in [0, 0.05) is 23.3 Å². The van der Waals surface area contributed by atoms with Crippen molar-refractivity contribution in [2.45, 2.75) is 120 Å². The van der Waals surface area contributed by atoms with E-state index in [1.54, 1.807) is 38.3 Å². The van der Waals surface area contributed by atoms with E-state index < -0.39 is 74.0 Å². The summed E-state index contributed by atoms with van der Waals surface area (Å²) in [6.45, 7) is 7.73. The molecule has 4 saturated carbocycles. The van der Waals surface area contributed by atoms with Crippen LogP contribution in [-0.2, 0) is 29.1 Å². The average molecular weight is 900 g/mol. The first-order valence-electron chi connectivity index (χ1n) is 22.7. The molecule has 9 atom stereocenters. The number of sulfonamides is 1. The van der Waals surface area contributed by atoms with Crippen LogP contribution in [0.2, 0.25) is 0 Å². The number of ether oxygens (including phenoxy) is 3. The zero-order chi connectivity index (χ0) is 45.3. The van der Waals surface area contributed by atoms with Gasteiger partial charge in [-0.15, -0.1) is 0 Å². The number of methoxy groups -OCH3 is 1. The number of halogens is 1. The maximum Gasteiger partial charge on any atom is 0.408 e. The van der Waals surface area contributed by atoms with E-state index in [0.29, 0.717) is 65.8 Å². The lowest BCUT2D eigenvalue weighted by atomic mass is 9.88. The zero-order valence-corrected chi connectivity index (χ0v) is 37.8. The standard InChI is InChI=1S/C48H58FN5O9S/c1-26-8-6-7-9-31-24-48(31,45(57)53-64(59,60)47(4)16-17-47)52-42(55)40-23-35(25-54(40)44(56)41(27(2)18-26)51-46(58)63-34-21-37-28(3)38(37)22-34)62-43-36-15-14-33(61-5)19-30(36)20-39(50-43)29-10-12-32(49)13-11-29/h7,9-15,19-20,26-28,31,34-35,37-38,40-41H,6,8,16-18,21-25H2,1-5H3,(H,51,58)(H,52,55)(H,53,57)/b9-7-/t26-,27+,28?,31+,34?,35+,37?,38?,40-,41-,48+/m0/s1. The summed E-state index contributed by atoms with van der Waals surface area (Å²) in [7, 11) is -2.48. The first-order chi connectivity index (χ1) is 30.5. The Morgan fingerprint density at radius 2 is 1.70 bits per heavy atom. The first-order valence-corrected chi connectivity index (χ1v) is 24.2. The van der Waals surface area contributed by atoms with Crippen molar-refractivity contribution < 1.29 is 46.2 Å². The first kappa shape index (κ1) is 44.0. The number of carbonyl (C=O) groups is 4. The quantitative estimate of drug-likeness (QED) is 0.203. The highest BCUT2D eigenvalue weighted by atomic mass is 32.2. The summed E-state index contributed by atoms with van der Waals surface area (Å²) in [4.78, 5) is 64.0. The normalized spacial score (nSPS) is 33.6. The molecule has 1 saturated heterocycles. The molecule has 6 aliphatic rings. The van der Waals surface area contributed by atoms with Gasteiger partial charge in [0.2, 0.25) is 27.7 Å². The van der Waals surface area contributed by atoms with E-state index in [0.717, 1.165) is 24.6 Å². The minimum absolute atomic E-state index is 0.0166. The molecule has 342 valence electrons. The maximum atomic E-state index is 15.1. The van der Waals surface area contributed by atoms with Crippen molar-refractivity contribution in [3.8, 4) is 22.9 Å². The van der Waals surface area contributed by atoms with E-state index in [9.17, 15) is 27.2 Å². The van der Waals surface area contributed by atoms with Crippen molar-refractivity contribution in [1.82, 2.24) is 25.2 Å². The van der Waals surface area contributed by atoms with Gasteiger partial charge < -0.3 is 29.7 Å². The number of alkyl carbamates (subject to hydrolysis) is 1. The second-order valence-electron chi connectivity index (χ2n) is 19.7. The lowest BCUT2D eigenvalue weighted by Crippen LogP contribution is -2.59. The van der Waals surface area contributed by atoms with E-state index in [-0.39, 0.29) is 43.2 Å². The number of amides is 4. The monoisotopic (exact) mass is 899 g/mol. The lowest BCUT2D eigenvalue weighted by molar-refractivity contribution is -0.142. The molecule has 2 unspecified atom stereocenters. The zero-order valence-electron chi connectivity index (χ0n) is 37.0. The fourth-order valence-electron chi connectivity index (χ4n) is 10.5. The summed E-state index contributed by atoms with van der Waals surface area (Å²) in [5.41, 5.74) is -0.445. The number of nitrogens with one attached hydrogen (secondary N) is 3. The fraction of sp³-hybridized carbons (Fsp3) is 0.562. The number of fused-ring (bicyclic) bond motifs is 4. The van der Waals surface area contributed by atoms with Gasteiger partial charge in [0.25, 0.3) is 5.91 Å². The van der Waals surface area contributed by atoms with Crippen LogP contribution in [-0.4, -0.2) is 90.3 Å². The number of hydrogen-bond donors (Lipinski definition) is 3. The second kappa shape index (κ2) is 16.6. The van der Waals surface area contributed by atoms with Crippen molar-refractivity contribution in [3.05, 3.63) is 66.5 Å². The molecular weight excluding hydrogens is 842 g/mol. The fourth-order valence-corrected chi connectivity index (χ4v) is 11.8. The number of allylic oxidation sites excluding steroid dienone is 1. The number of benzene rings is 2. The van der Waals surface area contributed by atoms with Gasteiger partial charge in [-0.25, -0.2) is 22.6 Å². The second-order valence-corrected chi connectivity index (χ2v) is 21.9. The SMILES string of the molecule is COc1ccc2c(O[C@@H]3C[C@H]4C(=O)N[C@]5(C(=O)NS(=O)(=O)C6(C)CC6)C[C@H]5/C=C\CC[C@H](C)C[C@@H](C)[C@H](NC(=O)OC5CC6C(C)C6C5)C(=O)N4C3)nc(-c3ccc(F)cc3)cc2c1. The average Bonchev–Trinajstić information content (AvgIpc) is 4.18. The minimum atomic E-state index is -4.04. The van der Waals surface area contributed by atoms with Crippen LogP contribution in [0.1, 0.15) is 85.5 Å². The Bertz CT molecular complexity index is 2490. The number of carbonyl (C=O) groups excluding carboxylic acids is 4. The summed E-state index contributed by atoms with van der Waals surface area (Å²) >= 11 is 0. The van der Waals surface area contributed by atoms with Crippen LogP contribution in [0.25, 0.3) is 22.0 Å². The highest BCUT2D eigenvalue weighted by Crippen LogP contribution is 2.58. The van der Waals surface area contributed by atoms with Crippen molar-refractivity contribution in [2.24, 2.45) is 35.5 Å². The summed E-state index contributed by atoms with van der Waals surface area (Å²) in [6, 6.07) is 10.9. The van der Waals surface area contributed by atoms with Crippen LogP contribution < -0.4 is 24.8 Å². The van der Waals surface area contributed by atoms with Gasteiger partial charge in [0.1, 0.15) is 41.4 Å². The number of rotatable bonds is 9. The molecule has 2 aromatic carbocycles. The van der Waals surface area contributed by atoms with E-state index >= 15 is 4.79 Å². The van der Waals surface area contributed by atoms with Crippen LogP contribution in [0.15, 0.2) is 60.7 Å². The van der Waals surface area contributed by atoms with Gasteiger partial charge in [-0.2, -0.15) is 0 Å². The lowest BCUT2D eigenvalue weighted by Gasteiger charge is -2.33. The predicted molar refractivity (Wildman–Crippen MR) is 236 cm³/mol. The third-order valence-corrected chi connectivity index (χ3v) is 17.2. The molecule has 14 nitrogen and oxygen atoms in total. The third-order valence-electron chi connectivity index (χ3n) is 15.0. The number of pyridine rings is 1. The van der Waals surface area contributed by atoms with Crippen LogP contribution in [0.4, 0.5) is 9.18 Å². The van der Waals surface area contributed by atoms with Crippen molar-refractivity contribution in [3.63, 3.8) is 0 Å². The Morgan fingerprint density at radius 3 is 2.41 bits per heavy atom. The smallest absolute Gasteiger partial charge is 0.408 e. The summed E-state index contributed by atoms with van der Waals surface area (Å²) in [5, 5.41) is 7.21. The molecule has 3 N–H and O–H groups in total. The Morgan fingerprint density at radius 1 is 0.969 bits per heavy atom. The molecule has 0 bridgehead atoms. The summed E-state index contributed by atoms with van der Waals surface area (Å²) in [5.74, 6) is -0.558. The van der Waals surface area contributed by atoms with Gasteiger partial charge in [0.05, 0.1) is 24.1 Å². The van der Waals surface area contributed by atoms with Crippen molar-refractivity contribution in [1.29, 1.82) is 0 Å². The highest BCUT2D eigenvalue weighted by molar-refractivity contribution is 7.91. The topological polar surface area (TPSA) is 182 Å². The van der Waals surface area contributed by atoms with Gasteiger partial charge in [0.15, 0.2) is 0 Å². The molecule has 3 heterocycles. The number of aromatic nitrogens is 1. The Hall–Kier alpha value is -5.25. The van der Waals surface area contributed by atoms with Crippen LogP contribution in [0, 0.1) is 41.3 Å². The molecule has 0 radical (unpaired) electrons. The number of nitrogens with zero attached hydrogens (tertiary/aromatic N) is 2. The molecule has 2 aliphatic heterocycles. The van der Waals surface area contributed by atoms with Crippen LogP contribution in [0.5, 0.6) is 11.6 Å². The molecule has 0 spiro atoms. The molecule has 5 fully saturated rings. The van der Waals surface area contributed by atoms with E-state index in [1.807, 2.05) is 31.2 Å². The van der Waals surface area contributed by atoms with E-state index in [4.69, 9.17) is 19.2 Å². The molecule has 9 rings (SSSR count). The highest BCUT2D eigenvalue weighted by Gasteiger charge is 2.63. The number of hydrogen-bond acceptors (Lipinski definition) is 10. The van der Waals surface area contributed by atoms with E-state index in [2.05, 4.69) is 29.2 Å². The molecule has 4 aliphatic carbocycles. The Kier molecular flexibility index (Phi) is 11.4. The van der Waals surface area contributed by atoms with Crippen molar-refractivity contribution >= 4 is 44.6 Å². The molecule has 1 aromatic heterocycles. The minimum Gasteiger partial charge on any atom is -0.497 e. The van der Waals surface area contributed by atoms with Crippen LogP contribution in [0.3, 0.4) is 0 Å². The summed E-state index contributed by atoms with van der Waals surface area (Å²) < 4.78 is 60.0.